The van der Waals surface area contributed by atoms with Crippen molar-refractivity contribution in [2.75, 3.05) is 0 Å². The fourth-order valence-electron chi connectivity index (χ4n) is 19.7. The molecule has 0 aliphatic heterocycles. The van der Waals surface area contributed by atoms with Crippen molar-refractivity contribution in [3.05, 3.63) is 473 Å². The molecule has 3 aromatic heterocycles. The number of hydrogen-bond donors (Lipinski definition) is 0. The normalized spacial score (nSPS) is 13.2. The van der Waals surface area contributed by atoms with Crippen molar-refractivity contribution in [2.45, 2.75) is 0 Å². The van der Waals surface area contributed by atoms with Crippen molar-refractivity contribution in [3.63, 3.8) is 0 Å². The van der Waals surface area contributed by atoms with Crippen molar-refractivity contribution >= 4 is 163 Å². The van der Waals surface area contributed by atoms with Crippen LogP contribution < -0.4 is 0 Å². The molecular weight excluding hydrogens is 1560 g/mol. The van der Waals surface area contributed by atoms with Gasteiger partial charge in [-0.3, -0.25) is 0 Å². The summed E-state index contributed by atoms with van der Waals surface area (Å²) in [5, 5.41) is 22.0. The second-order valence-corrected chi connectivity index (χ2v) is 32.7. The van der Waals surface area contributed by atoms with Gasteiger partial charge in [-0.1, -0.05) is 436 Å². The molecule has 0 bridgehead atoms. The molecule has 0 amide bonds. The quantitative estimate of drug-likeness (QED) is 0.135. The van der Waals surface area contributed by atoms with E-state index in [0.29, 0.717) is 11.1 Å². The van der Waals surface area contributed by atoms with E-state index in [9.17, 15) is 1.37 Å². The molecule has 0 aliphatic rings. The first-order valence-corrected chi connectivity index (χ1v) is 43.2. The smallest absolute Gasteiger partial charge is 0.143 e. The van der Waals surface area contributed by atoms with Gasteiger partial charge in [0.15, 0.2) is 0 Å². The van der Waals surface area contributed by atoms with E-state index in [1.807, 2.05) is 133 Å². The number of fused-ring (bicyclic) bond motifs is 18. The van der Waals surface area contributed by atoms with Gasteiger partial charge < -0.3 is 13.3 Å². The molecule has 0 radical (unpaired) electrons. The SMILES string of the molecule is [2H]c1c([2H])c([2H])c2c([2H])c(-c3ccc(-c4c5ccccc5c(-c5cccc6c5oc5ccccc56)c5ccccc45)cc3)c([2H])c([2H])c2c1[2H].[2H]c1c([2H])c([2H])c2c(oc3c(-c4c5ccccc5c(-c5ccc(-c6ccc7ccccc7c6)cc5)c5ccccc45)c([2H])c([2H])c([2H])c32)c1[2H].c1ccc2cc(-c3ccc(-c4c5ccccc5c(-c5cccc6c5oc5ccccc56)c5ccccc45)cc3)ccc2c1. The van der Waals surface area contributed by atoms with Crippen LogP contribution in [-0.4, -0.2) is 0 Å². The Hall–Kier alpha value is -17.0. The summed E-state index contributed by atoms with van der Waals surface area (Å²) < 4.78 is 140. The molecule has 0 saturated heterocycles. The molecule has 129 heavy (non-hydrogen) atoms. The molecule has 3 nitrogen and oxygen atoms in total. The Balaban J connectivity index is 0.000000113. The van der Waals surface area contributed by atoms with Crippen LogP contribution in [0, 0.1) is 0 Å². The molecule has 0 spiro atoms. The molecule has 27 rings (SSSR count). The molecule has 24 aromatic carbocycles. The van der Waals surface area contributed by atoms with Crippen LogP contribution in [0.4, 0.5) is 0 Å². The zero-order valence-electron chi connectivity index (χ0n) is 83.2. The van der Waals surface area contributed by atoms with Crippen LogP contribution in [0.5, 0.6) is 0 Å². The van der Waals surface area contributed by atoms with E-state index in [2.05, 4.69) is 255 Å². The fraction of sp³-hybridized carbons (Fsp3) is 0. The number of benzene rings is 24. The van der Waals surface area contributed by atoms with E-state index < -0.39 is 30.2 Å². The molecule has 0 unspecified atom stereocenters. The van der Waals surface area contributed by atoms with Crippen molar-refractivity contribution in [1.29, 1.82) is 0 Å². The van der Waals surface area contributed by atoms with Crippen LogP contribution >= 0.6 is 0 Å². The Morgan fingerprint density at radius 2 is 0.450 bits per heavy atom. The maximum atomic E-state index is 9.21. The van der Waals surface area contributed by atoms with Gasteiger partial charge >= 0.3 is 0 Å². The minimum Gasteiger partial charge on any atom is -0.455 e. The Kier molecular flexibility index (Phi) is 14.8. The molecule has 0 fully saturated rings. The third-order valence-corrected chi connectivity index (χ3v) is 25.6. The Labute approximate surface area is 763 Å². The summed E-state index contributed by atoms with van der Waals surface area (Å²) >= 11 is 0. The van der Waals surface area contributed by atoms with Crippen molar-refractivity contribution in [1.82, 2.24) is 0 Å². The predicted molar refractivity (Wildman–Crippen MR) is 548 cm³/mol. The van der Waals surface area contributed by atoms with Crippen LogP contribution in [0.2, 0.25) is 0 Å². The molecule has 0 N–H and O–H groups in total. The van der Waals surface area contributed by atoms with Gasteiger partial charge in [-0.05, 0) is 200 Å². The maximum Gasteiger partial charge on any atom is 0.143 e. The molecule has 0 saturated carbocycles. The average molecular weight is 1650 g/mol. The van der Waals surface area contributed by atoms with Gasteiger partial charge in [-0.15, -0.1) is 0 Å². The summed E-state index contributed by atoms with van der Waals surface area (Å²) in [6.07, 6.45) is 0. The molecule has 27 aromatic rings. The summed E-state index contributed by atoms with van der Waals surface area (Å²) in [5.41, 5.74) is 20.7. The third kappa shape index (κ3) is 12.7. The number of hydrogen-bond acceptors (Lipinski definition) is 3. The topological polar surface area (TPSA) is 39.4 Å². The molecule has 0 aliphatic carbocycles. The van der Waals surface area contributed by atoms with Crippen molar-refractivity contribution in [2.24, 2.45) is 0 Å². The largest absolute Gasteiger partial charge is 0.455 e. The number of rotatable bonds is 9. The van der Waals surface area contributed by atoms with E-state index in [-0.39, 0.29) is 98.2 Å². The monoisotopic (exact) mass is 1650 g/mol. The summed E-state index contributed by atoms with van der Waals surface area (Å²) in [4.78, 5) is 0. The van der Waals surface area contributed by atoms with Gasteiger partial charge in [-0.25, -0.2) is 0 Å². The van der Waals surface area contributed by atoms with Gasteiger partial charge in [0, 0.05) is 65.7 Å². The molecule has 600 valence electrons. The summed E-state index contributed by atoms with van der Waals surface area (Å²) in [6, 6.07) is 130. The predicted octanol–water partition coefficient (Wildman–Crippen LogP) is 36.1. The maximum absolute atomic E-state index is 9.21. The molecule has 0 atom stereocenters. The zero-order chi connectivity index (χ0) is 97.2. The molecule has 3 heterocycles. The standard InChI is InChI=1S/3C42H26O/c3*1-2-11-30-26-31(25-22-27(30)10-1)28-20-23-29(24-21-28)40-33-13-3-5-15-35(33)41(36-16-6-4-14-34(36)40)38-18-9-17-37-32-12-7-8-19-39(32)43-42(37)38/h3*1-26H/i7D,8D,9D,12D,17D,18D,19D;1D,2D,10D,11D,22D,25D,26D;. The fourth-order valence-corrected chi connectivity index (χ4v) is 19.7. The Morgan fingerprint density at radius 1 is 0.147 bits per heavy atom. The number of furan rings is 3. The van der Waals surface area contributed by atoms with Gasteiger partial charge in [0.1, 0.15) is 33.5 Å². The lowest BCUT2D eigenvalue weighted by Gasteiger charge is -2.18. The lowest BCUT2D eigenvalue weighted by Crippen LogP contribution is -1.91. The van der Waals surface area contributed by atoms with E-state index in [1.165, 1.54) is 70.9 Å². The highest BCUT2D eigenvalue weighted by Crippen LogP contribution is 2.52. The van der Waals surface area contributed by atoms with Crippen LogP contribution in [0.3, 0.4) is 0 Å². The van der Waals surface area contributed by atoms with Crippen LogP contribution in [-0.2, 0) is 0 Å². The van der Waals surface area contributed by atoms with E-state index in [0.717, 1.165) is 137 Å². The molecular formula is C126H78O3. The van der Waals surface area contributed by atoms with Crippen LogP contribution in [0.1, 0.15) is 19.2 Å². The van der Waals surface area contributed by atoms with E-state index in [4.69, 9.17) is 31.1 Å². The summed E-state index contributed by atoms with van der Waals surface area (Å²) in [6.45, 7) is 0. The Bertz CT molecular complexity index is 9930. The van der Waals surface area contributed by atoms with Gasteiger partial charge in [0.25, 0.3) is 0 Å². The van der Waals surface area contributed by atoms with Gasteiger partial charge in [0.2, 0.25) is 0 Å². The minimum atomic E-state index is -0.480. The Morgan fingerprint density at radius 3 is 0.876 bits per heavy atom. The van der Waals surface area contributed by atoms with E-state index in [1.54, 1.807) is 0 Å². The number of para-hydroxylation sites is 6. The molecule has 3 heteroatoms. The highest BCUT2D eigenvalue weighted by atomic mass is 16.3. The lowest BCUT2D eigenvalue weighted by atomic mass is 9.85. The summed E-state index contributed by atoms with van der Waals surface area (Å²) in [7, 11) is 0. The highest BCUT2D eigenvalue weighted by molar-refractivity contribution is 6.28. The first kappa shape index (κ1) is 61.3. The minimum absolute atomic E-state index is 0.0440. The first-order valence-electron chi connectivity index (χ1n) is 50.2. The summed E-state index contributed by atoms with van der Waals surface area (Å²) in [5.74, 6) is 0. The highest BCUT2D eigenvalue weighted by Gasteiger charge is 2.26. The van der Waals surface area contributed by atoms with Crippen molar-refractivity contribution < 1.29 is 32.4 Å². The first-order chi connectivity index (χ1) is 69.8. The second-order valence-electron chi connectivity index (χ2n) is 32.7. The van der Waals surface area contributed by atoms with Gasteiger partial charge in [-0.2, -0.15) is 0 Å². The second kappa shape index (κ2) is 31.1. The zero-order valence-corrected chi connectivity index (χ0v) is 69.2. The van der Waals surface area contributed by atoms with E-state index >= 15 is 0 Å². The van der Waals surface area contributed by atoms with Gasteiger partial charge in [0.05, 0.1) is 19.2 Å². The van der Waals surface area contributed by atoms with Crippen LogP contribution in [0.25, 0.3) is 263 Å². The third-order valence-electron chi connectivity index (χ3n) is 25.6. The lowest BCUT2D eigenvalue weighted by molar-refractivity contribution is 0.669. The van der Waals surface area contributed by atoms with Crippen LogP contribution in [0.15, 0.2) is 486 Å². The average Bonchev–Trinajstić information content (AvgIpc) is 1.60. The van der Waals surface area contributed by atoms with Crippen molar-refractivity contribution in [3.8, 4) is 100 Å².